The van der Waals surface area contributed by atoms with Gasteiger partial charge in [0.15, 0.2) is 0 Å². The number of fused-ring (bicyclic) bond motifs is 2. The van der Waals surface area contributed by atoms with E-state index in [1.54, 1.807) is 10.6 Å². The van der Waals surface area contributed by atoms with Crippen LogP contribution in [-0.4, -0.2) is 24.6 Å². The van der Waals surface area contributed by atoms with E-state index in [9.17, 15) is 0 Å². The second kappa shape index (κ2) is 21.7. The summed E-state index contributed by atoms with van der Waals surface area (Å²) in [4.78, 5) is 0. The molecule has 0 aliphatic heterocycles. The van der Waals surface area contributed by atoms with Gasteiger partial charge in [-0.15, -0.1) is 80.7 Å². The number of halogens is 2. The average molecular weight is 681 g/mol. The van der Waals surface area contributed by atoms with Gasteiger partial charge >= 0.3 is 37.9 Å². The Kier molecular flexibility index (Phi) is 19.5. The van der Waals surface area contributed by atoms with Crippen molar-refractivity contribution in [3.05, 3.63) is 72.8 Å². The monoisotopic (exact) mass is 678 g/mol. The van der Waals surface area contributed by atoms with Crippen LogP contribution in [0.15, 0.2) is 72.8 Å². The first-order valence-corrected chi connectivity index (χ1v) is 24.6. The molecule has 212 valence electrons. The molecule has 4 rings (SSSR count). The first kappa shape index (κ1) is 35.2. The van der Waals surface area contributed by atoms with E-state index < -0.39 is 20.8 Å². The first-order valence-electron chi connectivity index (χ1n) is 14.9. The Morgan fingerprint density at radius 3 is 1.15 bits per heavy atom. The van der Waals surface area contributed by atoms with Crippen LogP contribution in [0.2, 0.25) is 0 Å². The van der Waals surface area contributed by atoms with E-state index in [0.29, 0.717) is 0 Å². The van der Waals surface area contributed by atoms with Gasteiger partial charge in [-0.2, -0.15) is 12.1 Å². The minimum atomic E-state index is -0.826. The molecule has 4 aromatic carbocycles. The van der Waals surface area contributed by atoms with Crippen molar-refractivity contribution >= 4 is 65.0 Å². The zero-order chi connectivity index (χ0) is 28.3. The van der Waals surface area contributed by atoms with Gasteiger partial charge in [-0.25, -0.2) is 0 Å². The van der Waals surface area contributed by atoms with E-state index in [1.807, 2.05) is 0 Å². The zero-order valence-electron chi connectivity index (χ0n) is 24.6. The topological polar surface area (TPSA) is 0 Å². The second-order valence-electron chi connectivity index (χ2n) is 10.1. The van der Waals surface area contributed by atoms with E-state index in [1.165, 1.54) is 97.6 Å². The Morgan fingerprint density at radius 1 is 0.564 bits per heavy atom. The molecule has 0 amide bonds. The number of unbranched alkanes of at least 4 members (excludes halogenated alkanes) is 4. The minimum absolute atomic E-state index is 0.0856. The number of hydrogen-bond acceptors (Lipinski definition) is 0. The van der Waals surface area contributed by atoms with Crippen LogP contribution in [0.5, 0.6) is 0 Å². The molecule has 0 fully saturated rings. The molecule has 0 saturated heterocycles. The average Bonchev–Trinajstić information content (AvgIpc) is 3.58. The molecular formula is C34H48Cl2P2Zr. The van der Waals surface area contributed by atoms with Crippen molar-refractivity contribution < 1.29 is 20.8 Å². The predicted molar refractivity (Wildman–Crippen MR) is 183 cm³/mol. The van der Waals surface area contributed by atoms with Crippen molar-refractivity contribution in [2.75, 3.05) is 24.6 Å². The molecule has 0 atom stereocenters. The Bertz CT molecular complexity index is 980. The van der Waals surface area contributed by atoms with Crippen molar-refractivity contribution in [3.63, 3.8) is 0 Å². The first-order chi connectivity index (χ1) is 19.1. The molecule has 0 bridgehead atoms. The normalized spacial score (nSPS) is 10.9. The summed E-state index contributed by atoms with van der Waals surface area (Å²) in [5.74, 6) is 0. The van der Waals surface area contributed by atoms with Crippen LogP contribution in [0.4, 0.5) is 0 Å². The fourth-order valence-electron chi connectivity index (χ4n) is 4.77. The van der Waals surface area contributed by atoms with Crippen LogP contribution in [-0.2, 0) is 20.8 Å². The third-order valence-electron chi connectivity index (χ3n) is 7.06. The Balaban J connectivity index is 0.000000249. The number of benzene rings is 2. The Morgan fingerprint density at radius 2 is 0.872 bits per heavy atom. The van der Waals surface area contributed by atoms with Crippen molar-refractivity contribution in [2.45, 2.75) is 79.1 Å². The Labute approximate surface area is 260 Å². The summed E-state index contributed by atoms with van der Waals surface area (Å²) >= 11 is -0.826. The van der Waals surface area contributed by atoms with Gasteiger partial charge in [0.1, 0.15) is 0 Å². The van der Waals surface area contributed by atoms with Crippen LogP contribution >= 0.6 is 32.9 Å². The molecule has 0 unspecified atom stereocenters. The van der Waals surface area contributed by atoms with Crippen molar-refractivity contribution in [1.82, 2.24) is 0 Å². The predicted octanol–water partition coefficient (Wildman–Crippen LogP) is 11.9. The number of rotatable bonds is 14. The van der Waals surface area contributed by atoms with Gasteiger partial charge in [0.25, 0.3) is 0 Å². The van der Waals surface area contributed by atoms with Gasteiger partial charge < -0.3 is 0 Å². The van der Waals surface area contributed by atoms with E-state index in [4.69, 9.17) is 17.0 Å². The summed E-state index contributed by atoms with van der Waals surface area (Å²) in [7, 11) is 10.0. The van der Waals surface area contributed by atoms with Gasteiger partial charge in [0, 0.05) is 0 Å². The molecule has 4 aromatic rings. The second-order valence-corrected chi connectivity index (χ2v) is 18.9. The fraction of sp³-hybridized carbons (Fsp3) is 0.471. The van der Waals surface area contributed by atoms with Crippen LogP contribution in [0.25, 0.3) is 21.5 Å². The van der Waals surface area contributed by atoms with Crippen LogP contribution < -0.4 is 10.6 Å². The molecule has 0 heterocycles. The van der Waals surface area contributed by atoms with Crippen LogP contribution in [0, 0.1) is 0 Å². The van der Waals surface area contributed by atoms with Crippen molar-refractivity contribution in [3.8, 4) is 0 Å². The van der Waals surface area contributed by atoms with Crippen LogP contribution in [0.1, 0.15) is 79.1 Å². The quantitative estimate of drug-likeness (QED) is 0.0919. The van der Waals surface area contributed by atoms with Gasteiger partial charge in [-0.3, -0.25) is 0 Å². The van der Waals surface area contributed by atoms with Gasteiger partial charge in [0.2, 0.25) is 0 Å². The SMILES string of the molecule is CCCCP(CCCC)c1cc2ccccc2[cH-]1.CCCCP(CCCC)c1cc2ccccc2[cH-]1.[Cl][Zr+2][Cl]. The maximum absolute atomic E-state index is 4.93. The summed E-state index contributed by atoms with van der Waals surface area (Å²) in [6.07, 6.45) is 16.5. The van der Waals surface area contributed by atoms with E-state index in [0.717, 1.165) is 0 Å². The summed E-state index contributed by atoms with van der Waals surface area (Å²) < 4.78 is 0. The maximum atomic E-state index is 4.93. The van der Waals surface area contributed by atoms with Gasteiger partial charge in [0.05, 0.1) is 0 Å². The molecule has 0 aliphatic carbocycles. The number of hydrogen-bond donors (Lipinski definition) is 0. The molecule has 0 N–H and O–H groups in total. The Hall–Kier alpha value is -0.0169. The molecule has 39 heavy (non-hydrogen) atoms. The molecule has 5 heteroatoms. The molecule has 0 nitrogen and oxygen atoms in total. The van der Waals surface area contributed by atoms with Crippen molar-refractivity contribution in [1.29, 1.82) is 0 Å². The summed E-state index contributed by atoms with van der Waals surface area (Å²) in [6.45, 7) is 9.20. The van der Waals surface area contributed by atoms with E-state index in [2.05, 4.69) is 100 Å². The van der Waals surface area contributed by atoms with Gasteiger partial charge in [-0.05, 0) is 50.3 Å². The molecule has 0 saturated carbocycles. The third kappa shape index (κ3) is 12.8. The molecule has 0 aliphatic rings. The zero-order valence-corrected chi connectivity index (χ0v) is 30.3. The van der Waals surface area contributed by atoms with E-state index >= 15 is 0 Å². The fourth-order valence-corrected chi connectivity index (χ4v) is 10.3. The third-order valence-corrected chi connectivity index (χ3v) is 12.5. The van der Waals surface area contributed by atoms with E-state index in [-0.39, 0.29) is 15.8 Å². The summed E-state index contributed by atoms with van der Waals surface area (Å²) in [5, 5.41) is 8.96. The van der Waals surface area contributed by atoms with Crippen molar-refractivity contribution in [2.24, 2.45) is 0 Å². The molecule has 0 spiro atoms. The molecular weight excluding hydrogens is 632 g/mol. The molecule has 0 radical (unpaired) electrons. The standard InChI is InChI=1S/2C17H24P.2ClH.Zr/c2*1-3-5-11-18(12-6-4-2)17-13-15-9-7-8-10-16(15)14-17;;;/h2*7-10,13-14H,3-6,11-12H2,1-2H3;2*1H;/q2*-1;;;+4/p-2. The van der Waals surface area contributed by atoms with Gasteiger partial charge in [-0.1, -0.05) is 81.4 Å². The van der Waals surface area contributed by atoms with Crippen LogP contribution in [0.3, 0.4) is 0 Å². The summed E-state index contributed by atoms with van der Waals surface area (Å²) in [6, 6.07) is 27.3. The molecule has 0 aromatic heterocycles. The summed E-state index contributed by atoms with van der Waals surface area (Å²) in [5.41, 5.74) is 0.